The van der Waals surface area contributed by atoms with Crippen LogP contribution in [0.5, 0.6) is 5.75 Å². The number of aliphatic hydroxyl groups excluding tert-OH is 1. The highest BCUT2D eigenvalue weighted by atomic mass is 16.5. The topological polar surface area (TPSA) is 153 Å². The standard InChI is InChI=1S/C34H48N6O6/c1-22(2)29-32(44)36-21-34(11-15-40(16-12-34)19-25-9-13-35-14-10-25)18-26-7-6-8-27(17-26)46-20-28(42)37-30(24(4)41)33(45)39(5)23(3)31(43)38-29/h6-10,13-14,17,22-24,29-30,41H,11-12,15-16,18-21H2,1-5H3,(H,36,44)(H,37,42)(H,38,43)/t23-,24+,29+,30-/m0/s1. The lowest BCUT2D eigenvalue weighted by Gasteiger charge is -2.42. The van der Waals surface area contributed by atoms with E-state index in [0.717, 1.165) is 42.9 Å². The minimum absolute atomic E-state index is 0.220. The predicted octanol–water partition coefficient (Wildman–Crippen LogP) is 1.27. The number of hydrogen-bond donors (Lipinski definition) is 4. The van der Waals surface area contributed by atoms with Gasteiger partial charge in [0.1, 0.15) is 23.9 Å². The zero-order valence-electron chi connectivity index (χ0n) is 27.5. The number of nitrogens with zero attached hydrogens (tertiary/aromatic N) is 3. The number of likely N-dealkylation sites (tertiary alicyclic amines) is 1. The second-order valence-electron chi connectivity index (χ2n) is 13.1. The molecule has 1 saturated heterocycles. The third kappa shape index (κ3) is 9.03. The van der Waals surface area contributed by atoms with Crippen LogP contribution >= 0.6 is 0 Å². The number of ether oxygens (including phenoxy) is 1. The molecule has 2 aliphatic rings. The van der Waals surface area contributed by atoms with Gasteiger partial charge in [0.05, 0.1) is 6.10 Å². The molecular formula is C34H48N6O6. The lowest BCUT2D eigenvalue weighted by atomic mass is 9.73. The van der Waals surface area contributed by atoms with E-state index in [1.165, 1.54) is 26.5 Å². The quantitative estimate of drug-likeness (QED) is 0.392. The number of piperidine rings is 1. The van der Waals surface area contributed by atoms with Gasteiger partial charge in [0.2, 0.25) is 17.7 Å². The van der Waals surface area contributed by atoms with Crippen molar-refractivity contribution in [3.05, 3.63) is 59.9 Å². The molecule has 0 unspecified atom stereocenters. The van der Waals surface area contributed by atoms with Crippen molar-refractivity contribution in [3.8, 4) is 5.75 Å². The van der Waals surface area contributed by atoms with Gasteiger partial charge < -0.3 is 30.7 Å². The summed E-state index contributed by atoms with van der Waals surface area (Å²) in [6.07, 6.45) is 4.74. The number of carbonyl (C=O) groups excluding carboxylic acids is 4. The Labute approximate surface area is 271 Å². The van der Waals surface area contributed by atoms with Gasteiger partial charge in [-0.05, 0) is 92.9 Å². The van der Waals surface area contributed by atoms with Crippen LogP contribution in [0.25, 0.3) is 0 Å². The van der Waals surface area contributed by atoms with Gasteiger partial charge >= 0.3 is 0 Å². The van der Waals surface area contributed by atoms with Crippen molar-refractivity contribution >= 4 is 23.6 Å². The molecule has 250 valence electrons. The Morgan fingerprint density at radius 3 is 2.35 bits per heavy atom. The Hall–Kier alpha value is -4.03. The van der Waals surface area contributed by atoms with E-state index in [4.69, 9.17) is 4.74 Å². The van der Waals surface area contributed by atoms with Crippen LogP contribution < -0.4 is 20.7 Å². The van der Waals surface area contributed by atoms with Crippen LogP contribution in [0.2, 0.25) is 0 Å². The van der Waals surface area contributed by atoms with E-state index in [9.17, 15) is 24.3 Å². The summed E-state index contributed by atoms with van der Waals surface area (Å²) in [7, 11) is 1.42. The number of amides is 4. The number of benzene rings is 1. The van der Waals surface area contributed by atoms with Gasteiger partial charge in [-0.25, -0.2) is 0 Å². The third-order valence-corrected chi connectivity index (χ3v) is 9.18. The third-order valence-electron chi connectivity index (χ3n) is 9.18. The Kier molecular flexibility index (Phi) is 11.7. The molecule has 0 saturated carbocycles. The number of likely N-dealkylation sites (N-methyl/N-ethyl adjacent to an activating group) is 1. The van der Waals surface area contributed by atoms with Crippen LogP contribution in [-0.2, 0) is 32.1 Å². The summed E-state index contributed by atoms with van der Waals surface area (Å²) in [6, 6.07) is 8.50. The number of nitrogens with one attached hydrogen (secondary N) is 3. The maximum Gasteiger partial charge on any atom is 0.258 e. The zero-order valence-corrected chi connectivity index (χ0v) is 27.5. The normalized spacial score (nSPS) is 24.6. The van der Waals surface area contributed by atoms with Crippen LogP contribution in [0.15, 0.2) is 48.8 Å². The summed E-state index contributed by atoms with van der Waals surface area (Å²) < 4.78 is 5.80. The minimum atomic E-state index is -1.29. The fraction of sp³-hybridized carbons (Fsp3) is 0.559. The molecule has 2 bridgehead atoms. The molecule has 0 radical (unpaired) electrons. The first-order valence-corrected chi connectivity index (χ1v) is 16.0. The number of aliphatic hydroxyl groups is 1. The van der Waals surface area contributed by atoms with E-state index in [0.29, 0.717) is 18.7 Å². The highest BCUT2D eigenvalue weighted by Crippen LogP contribution is 2.36. The largest absolute Gasteiger partial charge is 0.484 e. The monoisotopic (exact) mass is 636 g/mol. The maximum atomic E-state index is 13.7. The van der Waals surface area contributed by atoms with Crippen molar-refractivity contribution < 1.29 is 29.0 Å². The molecule has 0 aliphatic carbocycles. The molecule has 2 aromatic rings. The Morgan fingerprint density at radius 2 is 1.70 bits per heavy atom. The molecule has 2 aliphatic heterocycles. The van der Waals surface area contributed by atoms with E-state index in [1.807, 2.05) is 44.2 Å². The van der Waals surface area contributed by atoms with Crippen molar-refractivity contribution in [1.29, 1.82) is 0 Å². The van der Waals surface area contributed by atoms with Gasteiger partial charge in [0.15, 0.2) is 6.61 Å². The number of rotatable bonds is 4. The second kappa shape index (κ2) is 15.5. The summed E-state index contributed by atoms with van der Waals surface area (Å²) >= 11 is 0. The lowest BCUT2D eigenvalue weighted by molar-refractivity contribution is -0.144. The molecule has 46 heavy (non-hydrogen) atoms. The van der Waals surface area contributed by atoms with E-state index >= 15 is 0 Å². The van der Waals surface area contributed by atoms with Crippen LogP contribution in [0.1, 0.15) is 51.7 Å². The fourth-order valence-corrected chi connectivity index (χ4v) is 6.06. The molecule has 1 spiro atoms. The Balaban J connectivity index is 1.61. The molecule has 12 nitrogen and oxygen atoms in total. The predicted molar refractivity (Wildman–Crippen MR) is 172 cm³/mol. The molecule has 1 aromatic carbocycles. The lowest BCUT2D eigenvalue weighted by Crippen LogP contribution is -2.59. The number of fused-ring (bicyclic) bond motifs is 2. The van der Waals surface area contributed by atoms with Gasteiger partial charge in [-0.2, -0.15) is 0 Å². The van der Waals surface area contributed by atoms with Gasteiger partial charge in [0.25, 0.3) is 5.91 Å². The molecule has 4 N–H and O–H groups in total. The SMILES string of the molecule is CC(C)[C@H]1NC(=O)[C@H](C)N(C)C(=O)[C@H]([C@@H](C)O)NC(=O)COc2cccc(c2)CC2(CCN(Cc3ccncc3)CC2)CNC1=O. The first-order chi connectivity index (χ1) is 21.9. The molecule has 1 aromatic heterocycles. The van der Waals surface area contributed by atoms with E-state index < -0.39 is 42.0 Å². The van der Waals surface area contributed by atoms with Gasteiger partial charge in [-0.3, -0.25) is 29.1 Å². The molecule has 4 amide bonds. The van der Waals surface area contributed by atoms with Gasteiger partial charge in [0, 0.05) is 32.5 Å². The first kappa shape index (κ1) is 34.8. The van der Waals surface area contributed by atoms with E-state index in [-0.39, 0.29) is 23.8 Å². The molecule has 1 fully saturated rings. The Morgan fingerprint density at radius 1 is 1.00 bits per heavy atom. The van der Waals surface area contributed by atoms with E-state index in [2.05, 4.69) is 25.8 Å². The van der Waals surface area contributed by atoms with Crippen molar-refractivity contribution in [2.24, 2.45) is 11.3 Å². The van der Waals surface area contributed by atoms with E-state index in [1.54, 1.807) is 18.5 Å². The average Bonchev–Trinajstić information content (AvgIpc) is 3.04. The highest BCUT2D eigenvalue weighted by Gasteiger charge is 2.38. The number of aromatic nitrogens is 1. The highest BCUT2D eigenvalue weighted by molar-refractivity contribution is 5.94. The van der Waals surface area contributed by atoms with Gasteiger partial charge in [-0.1, -0.05) is 26.0 Å². The summed E-state index contributed by atoms with van der Waals surface area (Å²) in [6.45, 7) is 9.23. The molecule has 4 atom stereocenters. The maximum absolute atomic E-state index is 13.7. The molecule has 4 rings (SSSR count). The average molecular weight is 637 g/mol. The second-order valence-corrected chi connectivity index (χ2v) is 13.1. The number of pyridine rings is 1. The first-order valence-electron chi connectivity index (χ1n) is 16.0. The summed E-state index contributed by atoms with van der Waals surface area (Å²) in [5, 5.41) is 18.9. The van der Waals surface area contributed by atoms with Crippen LogP contribution in [0.3, 0.4) is 0 Å². The van der Waals surface area contributed by atoms with Crippen LogP contribution in [0, 0.1) is 11.3 Å². The Bertz CT molecular complexity index is 1360. The van der Waals surface area contributed by atoms with Crippen molar-refractivity contribution in [1.82, 2.24) is 30.7 Å². The fourth-order valence-electron chi connectivity index (χ4n) is 6.06. The minimum Gasteiger partial charge on any atom is -0.484 e. The molecule has 12 heteroatoms. The van der Waals surface area contributed by atoms with Gasteiger partial charge in [-0.15, -0.1) is 0 Å². The number of carbonyl (C=O) groups is 4. The van der Waals surface area contributed by atoms with Crippen molar-refractivity contribution in [2.45, 2.75) is 77.7 Å². The van der Waals surface area contributed by atoms with Crippen LogP contribution in [0.4, 0.5) is 0 Å². The number of hydrogen-bond acceptors (Lipinski definition) is 8. The van der Waals surface area contributed by atoms with Crippen LogP contribution in [-0.4, -0.2) is 101 Å². The summed E-state index contributed by atoms with van der Waals surface area (Å²) in [4.78, 5) is 60.8. The molecule has 3 heterocycles. The summed E-state index contributed by atoms with van der Waals surface area (Å²) in [5.41, 5.74) is 1.96. The summed E-state index contributed by atoms with van der Waals surface area (Å²) in [5.74, 6) is -1.75. The zero-order chi connectivity index (χ0) is 33.4. The van der Waals surface area contributed by atoms with Crippen molar-refractivity contribution in [3.63, 3.8) is 0 Å². The molecular weight excluding hydrogens is 588 g/mol. The van der Waals surface area contributed by atoms with Crippen molar-refractivity contribution in [2.75, 3.05) is 33.3 Å². The smallest absolute Gasteiger partial charge is 0.258 e.